The average molecular weight is 370 g/mol. The molecule has 0 fully saturated rings. The van der Waals surface area contributed by atoms with Crippen molar-refractivity contribution in [2.45, 2.75) is 98.7 Å². The summed E-state index contributed by atoms with van der Waals surface area (Å²) >= 11 is 0. The van der Waals surface area contributed by atoms with E-state index < -0.39 is 28.6 Å². The molecule has 0 bridgehead atoms. The van der Waals surface area contributed by atoms with Crippen LogP contribution in [0.1, 0.15) is 87.5 Å². The van der Waals surface area contributed by atoms with E-state index in [1.807, 2.05) is 0 Å². The van der Waals surface area contributed by atoms with E-state index in [0.717, 1.165) is 0 Å². The SMILES string of the molecule is CCC(=O)C(CCC(=O)OC(C)(C)C)(CCC(=O)OC(C)(C)C)C(C)=O. The van der Waals surface area contributed by atoms with Crippen LogP contribution in [-0.2, 0) is 28.7 Å². The molecule has 150 valence electrons. The normalized spacial score (nSPS) is 12.5. The summed E-state index contributed by atoms with van der Waals surface area (Å²) in [4.78, 5) is 48.9. The standard InChI is InChI=1S/C20H34O6/c1-9-15(22)20(14(2)21,12-10-16(23)25-18(3,4)5)13-11-17(24)26-19(6,7)8/h9-13H2,1-8H3. The summed E-state index contributed by atoms with van der Waals surface area (Å²) in [6, 6.07) is 0. The zero-order valence-electron chi connectivity index (χ0n) is 17.5. The van der Waals surface area contributed by atoms with E-state index in [4.69, 9.17) is 9.47 Å². The maximum absolute atomic E-state index is 12.5. The van der Waals surface area contributed by atoms with E-state index in [-0.39, 0.29) is 43.7 Å². The van der Waals surface area contributed by atoms with Crippen LogP contribution in [0.25, 0.3) is 0 Å². The van der Waals surface area contributed by atoms with Gasteiger partial charge in [0, 0.05) is 19.3 Å². The van der Waals surface area contributed by atoms with Gasteiger partial charge in [-0.25, -0.2) is 0 Å². The number of ketones is 2. The van der Waals surface area contributed by atoms with Crippen molar-refractivity contribution in [3.8, 4) is 0 Å². The van der Waals surface area contributed by atoms with Gasteiger partial charge in [0.15, 0.2) is 0 Å². The molecule has 0 aliphatic rings. The Kier molecular flexibility index (Phi) is 8.67. The molecule has 0 rings (SSSR count). The summed E-state index contributed by atoms with van der Waals surface area (Å²) in [6.07, 6.45) is 0.107. The molecular weight excluding hydrogens is 336 g/mol. The van der Waals surface area contributed by atoms with Gasteiger partial charge < -0.3 is 9.47 Å². The van der Waals surface area contributed by atoms with Crippen molar-refractivity contribution >= 4 is 23.5 Å². The highest BCUT2D eigenvalue weighted by atomic mass is 16.6. The molecule has 6 nitrogen and oxygen atoms in total. The van der Waals surface area contributed by atoms with E-state index in [1.165, 1.54) is 6.92 Å². The fourth-order valence-corrected chi connectivity index (χ4v) is 2.71. The maximum atomic E-state index is 12.5. The van der Waals surface area contributed by atoms with Crippen molar-refractivity contribution in [1.29, 1.82) is 0 Å². The lowest BCUT2D eigenvalue weighted by Crippen LogP contribution is -2.39. The van der Waals surface area contributed by atoms with Crippen molar-refractivity contribution in [3.05, 3.63) is 0 Å². The molecule has 0 N–H and O–H groups in total. The van der Waals surface area contributed by atoms with Crippen LogP contribution in [0.5, 0.6) is 0 Å². The molecule has 6 heteroatoms. The van der Waals surface area contributed by atoms with Crippen molar-refractivity contribution in [3.63, 3.8) is 0 Å². The predicted octanol–water partition coefficient (Wildman–Crippen LogP) is 3.78. The summed E-state index contributed by atoms with van der Waals surface area (Å²) in [6.45, 7) is 13.5. The van der Waals surface area contributed by atoms with Gasteiger partial charge in [-0.3, -0.25) is 19.2 Å². The second kappa shape index (κ2) is 9.28. The second-order valence-corrected chi connectivity index (χ2v) is 8.59. The molecule has 26 heavy (non-hydrogen) atoms. The highest BCUT2D eigenvalue weighted by Crippen LogP contribution is 2.34. The summed E-state index contributed by atoms with van der Waals surface area (Å²) in [5.74, 6) is -1.54. The Balaban J connectivity index is 5.25. The van der Waals surface area contributed by atoms with Crippen LogP contribution in [0.4, 0.5) is 0 Å². The van der Waals surface area contributed by atoms with Crippen LogP contribution < -0.4 is 0 Å². The van der Waals surface area contributed by atoms with Crippen LogP contribution in [0.15, 0.2) is 0 Å². The number of hydrogen-bond acceptors (Lipinski definition) is 6. The Morgan fingerprint density at radius 1 is 0.731 bits per heavy atom. The third-order valence-corrected chi connectivity index (χ3v) is 3.88. The predicted molar refractivity (Wildman–Crippen MR) is 98.6 cm³/mol. The number of hydrogen-bond donors (Lipinski definition) is 0. The first kappa shape index (κ1) is 24.3. The third-order valence-electron chi connectivity index (χ3n) is 3.88. The molecule has 0 aliphatic carbocycles. The molecule has 0 atom stereocenters. The number of carbonyl (C=O) groups is 4. The molecule has 0 amide bonds. The van der Waals surface area contributed by atoms with E-state index in [9.17, 15) is 19.2 Å². The van der Waals surface area contributed by atoms with Gasteiger partial charge in [0.1, 0.15) is 22.8 Å². The smallest absolute Gasteiger partial charge is 0.306 e. The lowest BCUT2D eigenvalue weighted by Gasteiger charge is -2.30. The second-order valence-electron chi connectivity index (χ2n) is 8.59. The van der Waals surface area contributed by atoms with E-state index >= 15 is 0 Å². The van der Waals surface area contributed by atoms with Crippen LogP contribution in [0, 0.1) is 5.41 Å². The summed E-state index contributed by atoms with van der Waals surface area (Å²) in [5, 5.41) is 0. The lowest BCUT2D eigenvalue weighted by atomic mass is 9.71. The molecular formula is C20H34O6. The van der Waals surface area contributed by atoms with Gasteiger partial charge in [0.2, 0.25) is 0 Å². The summed E-state index contributed by atoms with van der Waals surface area (Å²) < 4.78 is 10.5. The molecule has 0 saturated heterocycles. The molecule has 0 aromatic carbocycles. The Hall–Kier alpha value is -1.72. The minimum absolute atomic E-state index is 0.0344. The minimum Gasteiger partial charge on any atom is -0.460 e. The minimum atomic E-state index is -1.36. The zero-order valence-corrected chi connectivity index (χ0v) is 17.5. The first-order valence-electron chi connectivity index (χ1n) is 9.11. The summed E-state index contributed by atoms with van der Waals surface area (Å²) in [7, 11) is 0. The number of esters is 2. The van der Waals surface area contributed by atoms with Crippen LogP contribution >= 0.6 is 0 Å². The molecule has 0 saturated carbocycles. The van der Waals surface area contributed by atoms with Gasteiger partial charge in [0.05, 0.1) is 5.41 Å². The third kappa shape index (κ3) is 8.59. The number of carbonyl (C=O) groups excluding carboxylic acids is 4. The largest absolute Gasteiger partial charge is 0.460 e. The van der Waals surface area contributed by atoms with Crippen molar-refractivity contribution in [1.82, 2.24) is 0 Å². The fraction of sp³-hybridized carbons (Fsp3) is 0.800. The van der Waals surface area contributed by atoms with E-state index in [2.05, 4.69) is 0 Å². The molecule has 0 spiro atoms. The molecule has 0 aromatic rings. The monoisotopic (exact) mass is 370 g/mol. The average Bonchev–Trinajstić information content (AvgIpc) is 2.42. The highest BCUT2D eigenvalue weighted by Gasteiger charge is 2.42. The highest BCUT2D eigenvalue weighted by molar-refractivity contribution is 6.06. The first-order valence-corrected chi connectivity index (χ1v) is 9.11. The van der Waals surface area contributed by atoms with Crippen molar-refractivity contribution in [2.75, 3.05) is 0 Å². The maximum Gasteiger partial charge on any atom is 0.306 e. The Labute approximate surface area is 157 Å². The molecule has 0 aliphatic heterocycles. The molecule has 0 aromatic heterocycles. The number of ether oxygens (including phenoxy) is 2. The van der Waals surface area contributed by atoms with Gasteiger partial charge in [-0.15, -0.1) is 0 Å². The zero-order chi connectivity index (χ0) is 20.8. The van der Waals surface area contributed by atoms with Gasteiger partial charge in [-0.1, -0.05) is 6.92 Å². The molecule has 0 unspecified atom stereocenters. The number of Topliss-reactive ketones (excluding diaryl/α,β-unsaturated/α-hetero) is 2. The molecule has 0 radical (unpaired) electrons. The lowest BCUT2D eigenvalue weighted by molar-refractivity contribution is -0.156. The van der Waals surface area contributed by atoms with Crippen LogP contribution in [0.3, 0.4) is 0 Å². The Morgan fingerprint density at radius 3 is 1.31 bits per heavy atom. The van der Waals surface area contributed by atoms with Gasteiger partial charge in [-0.2, -0.15) is 0 Å². The van der Waals surface area contributed by atoms with Crippen molar-refractivity contribution < 1.29 is 28.7 Å². The van der Waals surface area contributed by atoms with Gasteiger partial charge in [-0.05, 0) is 61.3 Å². The topological polar surface area (TPSA) is 86.7 Å². The fourth-order valence-electron chi connectivity index (χ4n) is 2.71. The number of rotatable bonds is 9. The first-order chi connectivity index (χ1) is 11.6. The van der Waals surface area contributed by atoms with E-state index in [0.29, 0.717) is 0 Å². The Bertz CT molecular complexity index is 501. The van der Waals surface area contributed by atoms with E-state index in [1.54, 1.807) is 48.5 Å². The summed E-state index contributed by atoms with van der Waals surface area (Å²) in [5.41, 5.74) is -2.63. The quantitative estimate of drug-likeness (QED) is 0.453. The van der Waals surface area contributed by atoms with Crippen LogP contribution in [-0.4, -0.2) is 34.7 Å². The van der Waals surface area contributed by atoms with Crippen molar-refractivity contribution in [2.24, 2.45) is 5.41 Å². The van der Waals surface area contributed by atoms with Gasteiger partial charge >= 0.3 is 11.9 Å². The Morgan fingerprint density at radius 2 is 1.08 bits per heavy atom. The molecule has 0 heterocycles. The van der Waals surface area contributed by atoms with Gasteiger partial charge in [0.25, 0.3) is 0 Å². The van der Waals surface area contributed by atoms with Crippen LogP contribution in [0.2, 0.25) is 0 Å².